The first-order valence-corrected chi connectivity index (χ1v) is 6.30. The topological polar surface area (TPSA) is 76.6 Å². The van der Waals surface area contributed by atoms with Gasteiger partial charge in [-0.2, -0.15) is 0 Å². The minimum absolute atomic E-state index is 0.340. The summed E-state index contributed by atoms with van der Waals surface area (Å²) in [5.74, 6) is -0.352. The summed E-state index contributed by atoms with van der Waals surface area (Å²) < 4.78 is 0. The van der Waals surface area contributed by atoms with E-state index in [4.69, 9.17) is 5.73 Å². The van der Waals surface area contributed by atoms with Crippen LogP contribution in [0.25, 0.3) is 0 Å². The van der Waals surface area contributed by atoms with E-state index in [-0.39, 0.29) is 11.9 Å². The molecule has 0 saturated heterocycles. The molecule has 0 spiro atoms. The van der Waals surface area contributed by atoms with Crippen LogP contribution in [0.1, 0.15) is 23.6 Å². The number of rotatable bonds is 4. The molecule has 0 heterocycles. The van der Waals surface area contributed by atoms with Crippen molar-refractivity contribution in [2.45, 2.75) is 33.4 Å². The van der Waals surface area contributed by atoms with Crippen LogP contribution in [0.4, 0.5) is 4.79 Å². The number of urea groups is 1. The zero-order chi connectivity index (χ0) is 14.6. The van der Waals surface area contributed by atoms with E-state index in [1.54, 1.807) is 6.92 Å². The average molecular weight is 264 g/mol. The van der Waals surface area contributed by atoms with E-state index >= 15 is 0 Å². The maximum Gasteiger partial charge on any atom is 0.319 e. The Morgan fingerprint density at radius 3 is 2.53 bits per heavy atom. The number of likely N-dealkylation sites (N-methyl/N-ethyl adjacent to an activating group) is 1. The van der Waals surface area contributed by atoms with Gasteiger partial charge in [-0.25, -0.2) is 4.79 Å². The molecule has 2 atom stereocenters. The number of hydrogen-bond donors (Lipinski definition) is 3. The molecule has 0 aliphatic carbocycles. The highest BCUT2D eigenvalue weighted by molar-refractivity contribution is 5.95. The third-order valence-electron chi connectivity index (χ3n) is 3.35. The summed E-state index contributed by atoms with van der Waals surface area (Å²) in [4.78, 5) is 23.4. The van der Waals surface area contributed by atoms with E-state index < -0.39 is 6.03 Å². The summed E-state index contributed by atoms with van der Waals surface area (Å²) in [5, 5.41) is 2.11. The molecule has 4 N–H and O–H groups in total. The first-order valence-electron chi connectivity index (χ1n) is 6.30. The van der Waals surface area contributed by atoms with Gasteiger partial charge >= 0.3 is 6.03 Å². The molecule has 1 rings (SSSR count). The SMILES string of the molecule is Cc1ccc(C[NH+](C)[C@H](C)C(=O)NC(N)=O)c(C)c1. The van der Waals surface area contributed by atoms with Crippen molar-refractivity contribution in [3.63, 3.8) is 0 Å². The van der Waals surface area contributed by atoms with Crippen LogP contribution in [0.2, 0.25) is 0 Å². The van der Waals surface area contributed by atoms with Crippen LogP contribution in [-0.2, 0) is 11.3 Å². The van der Waals surface area contributed by atoms with Crippen LogP contribution in [0.3, 0.4) is 0 Å². The third-order valence-corrected chi connectivity index (χ3v) is 3.35. The van der Waals surface area contributed by atoms with Crippen molar-refractivity contribution in [3.05, 3.63) is 34.9 Å². The Balaban J connectivity index is 2.70. The normalized spacial score (nSPS) is 13.7. The van der Waals surface area contributed by atoms with Gasteiger partial charge in [-0.15, -0.1) is 0 Å². The zero-order valence-corrected chi connectivity index (χ0v) is 11.9. The molecule has 5 nitrogen and oxygen atoms in total. The first kappa shape index (κ1) is 15.2. The lowest BCUT2D eigenvalue weighted by Crippen LogP contribution is -3.12. The van der Waals surface area contributed by atoms with E-state index in [1.807, 2.05) is 7.05 Å². The average Bonchev–Trinajstić information content (AvgIpc) is 2.30. The number of amides is 3. The van der Waals surface area contributed by atoms with Crippen LogP contribution in [0, 0.1) is 13.8 Å². The number of nitrogens with one attached hydrogen (secondary N) is 2. The van der Waals surface area contributed by atoms with Crippen molar-refractivity contribution >= 4 is 11.9 Å². The van der Waals surface area contributed by atoms with Crippen LogP contribution < -0.4 is 16.0 Å². The Hall–Kier alpha value is -1.88. The van der Waals surface area contributed by atoms with E-state index in [2.05, 4.69) is 37.4 Å². The smallest absolute Gasteiger partial charge is 0.319 e. The van der Waals surface area contributed by atoms with Gasteiger partial charge in [0, 0.05) is 5.56 Å². The second-order valence-electron chi connectivity index (χ2n) is 5.03. The van der Waals surface area contributed by atoms with E-state index in [1.165, 1.54) is 16.7 Å². The van der Waals surface area contributed by atoms with Crippen molar-refractivity contribution in [3.8, 4) is 0 Å². The number of hydrogen-bond acceptors (Lipinski definition) is 2. The minimum atomic E-state index is -0.809. The lowest BCUT2D eigenvalue weighted by molar-refractivity contribution is -0.908. The van der Waals surface area contributed by atoms with Crippen molar-refractivity contribution in [2.24, 2.45) is 5.73 Å². The minimum Gasteiger partial charge on any atom is -0.351 e. The molecule has 1 aromatic rings. The second kappa shape index (κ2) is 6.33. The molecule has 5 heteroatoms. The molecule has 104 valence electrons. The van der Waals surface area contributed by atoms with Crippen LogP contribution in [-0.4, -0.2) is 25.0 Å². The van der Waals surface area contributed by atoms with E-state index in [9.17, 15) is 9.59 Å². The van der Waals surface area contributed by atoms with Crippen molar-refractivity contribution in [1.82, 2.24) is 5.32 Å². The predicted octanol–water partition coefficient (Wildman–Crippen LogP) is -0.0985. The maximum atomic E-state index is 11.7. The highest BCUT2D eigenvalue weighted by atomic mass is 16.2. The summed E-state index contributed by atoms with van der Waals surface area (Å²) in [7, 11) is 1.92. The summed E-state index contributed by atoms with van der Waals surface area (Å²) in [6, 6.07) is 5.11. The first-order chi connectivity index (χ1) is 8.81. The number of aryl methyl sites for hydroxylation is 2. The Bertz CT molecular complexity index is 486. The van der Waals surface area contributed by atoms with Gasteiger partial charge in [0.25, 0.3) is 5.91 Å². The van der Waals surface area contributed by atoms with Gasteiger partial charge in [0.1, 0.15) is 6.54 Å². The van der Waals surface area contributed by atoms with Crippen molar-refractivity contribution in [2.75, 3.05) is 7.05 Å². The fraction of sp³-hybridized carbons (Fsp3) is 0.429. The van der Waals surface area contributed by atoms with Gasteiger partial charge < -0.3 is 10.6 Å². The number of carbonyl (C=O) groups is 2. The van der Waals surface area contributed by atoms with Gasteiger partial charge in [0.15, 0.2) is 6.04 Å². The van der Waals surface area contributed by atoms with Gasteiger partial charge in [-0.1, -0.05) is 23.8 Å². The maximum absolute atomic E-state index is 11.7. The summed E-state index contributed by atoms with van der Waals surface area (Å²) >= 11 is 0. The molecule has 3 amide bonds. The Morgan fingerprint density at radius 2 is 2.00 bits per heavy atom. The largest absolute Gasteiger partial charge is 0.351 e. The van der Waals surface area contributed by atoms with Crippen LogP contribution >= 0.6 is 0 Å². The highest BCUT2D eigenvalue weighted by Gasteiger charge is 2.23. The molecular weight excluding hydrogens is 242 g/mol. The molecule has 0 fully saturated rings. The molecule has 0 aliphatic heterocycles. The Labute approximate surface area is 113 Å². The van der Waals surface area contributed by atoms with E-state index in [0.29, 0.717) is 0 Å². The molecule has 1 aromatic carbocycles. The highest BCUT2D eigenvalue weighted by Crippen LogP contribution is 2.09. The fourth-order valence-electron chi connectivity index (χ4n) is 1.95. The summed E-state index contributed by atoms with van der Waals surface area (Å²) in [5.41, 5.74) is 8.57. The quantitative estimate of drug-likeness (QED) is 0.710. The van der Waals surface area contributed by atoms with Crippen molar-refractivity contribution < 1.29 is 14.5 Å². The molecule has 0 aliphatic rings. The van der Waals surface area contributed by atoms with Gasteiger partial charge in [0.2, 0.25) is 0 Å². The number of primary amides is 1. The predicted molar refractivity (Wildman–Crippen MR) is 73.7 cm³/mol. The molecule has 0 saturated carbocycles. The number of carbonyl (C=O) groups excluding carboxylic acids is 2. The Morgan fingerprint density at radius 1 is 1.37 bits per heavy atom. The third kappa shape index (κ3) is 4.37. The molecule has 0 bridgehead atoms. The molecule has 0 aromatic heterocycles. The molecule has 19 heavy (non-hydrogen) atoms. The summed E-state index contributed by atoms with van der Waals surface area (Å²) in [6.07, 6.45) is 0. The number of nitrogens with two attached hydrogens (primary N) is 1. The lowest BCUT2D eigenvalue weighted by atomic mass is 10.0. The standard InChI is InChI=1S/C14H21N3O2/c1-9-5-6-12(10(2)7-9)8-17(4)11(3)13(18)16-14(15)19/h5-7,11H,8H2,1-4H3,(H3,15,16,18,19)/p+1/t11-/m1/s1. The zero-order valence-electron chi connectivity index (χ0n) is 11.9. The van der Waals surface area contributed by atoms with E-state index in [0.717, 1.165) is 11.4 Å². The van der Waals surface area contributed by atoms with Crippen molar-refractivity contribution in [1.29, 1.82) is 0 Å². The fourth-order valence-corrected chi connectivity index (χ4v) is 1.95. The molecular formula is C14H22N3O2+. The second-order valence-corrected chi connectivity index (χ2v) is 5.03. The van der Waals surface area contributed by atoms with Gasteiger partial charge in [0.05, 0.1) is 7.05 Å². The van der Waals surface area contributed by atoms with Crippen LogP contribution in [0.5, 0.6) is 0 Å². The monoisotopic (exact) mass is 264 g/mol. The number of quaternary nitrogens is 1. The Kier molecular flexibility index (Phi) is 5.06. The summed E-state index contributed by atoms with van der Waals surface area (Å²) in [6.45, 7) is 6.61. The van der Waals surface area contributed by atoms with Crippen LogP contribution in [0.15, 0.2) is 18.2 Å². The lowest BCUT2D eigenvalue weighted by Gasteiger charge is -2.21. The van der Waals surface area contributed by atoms with Gasteiger partial charge in [-0.3, -0.25) is 10.1 Å². The molecule has 1 unspecified atom stereocenters. The van der Waals surface area contributed by atoms with Gasteiger partial charge in [-0.05, 0) is 26.3 Å². The number of imide groups is 1. The molecule has 0 radical (unpaired) electrons. The number of benzene rings is 1.